The van der Waals surface area contributed by atoms with Gasteiger partial charge in [-0.25, -0.2) is 0 Å². The van der Waals surface area contributed by atoms with E-state index in [-0.39, 0.29) is 5.91 Å². The molecule has 0 saturated heterocycles. The second-order valence-corrected chi connectivity index (χ2v) is 4.73. The highest BCUT2D eigenvalue weighted by Crippen LogP contribution is 2.30. The van der Waals surface area contributed by atoms with Crippen molar-refractivity contribution in [2.24, 2.45) is 0 Å². The van der Waals surface area contributed by atoms with Crippen LogP contribution in [0.4, 0.5) is 5.69 Å². The van der Waals surface area contributed by atoms with Gasteiger partial charge in [0.1, 0.15) is 11.5 Å². The molecule has 0 aromatic heterocycles. The minimum atomic E-state index is -0.106. The molecule has 5 heteroatoms. The Bertz CT molecular complexity index is 654. The number of hydrogen-bond acceptors (Lipinski definition) is 4. The van der Waals surface area contributed by atoms with Gasteiger partial charge in [-0.05, 0) is 30.3 Å². The summed E-state index contributed by atoms with van der Waals surface area (Å²) >= 11 is 0. The van der Waals surface area contributed by atoms with Crippen molar-refractivity contribution in [1.82, 2.24) is 4.90 Å². The maximum absolute atomic E-state index is 12.0. The Labute approximate surface area is 123 Å². The first-order chi connectivity index (χ1) is 10.0. The lowest BCUT2D eigenvalue weighted by molar-refractivity contribution is 0.0827. The second kappa shape index (κ2) is 6.17. The highest BCUT2D eigenvalue weighted by atomic mass is 16.5. The average molecular weight is 286 g/mol. The van der Waals surface area contributed by atoms with Crippen LogP contribution in [0.15, 0.2) is 42.5 Å². The molecule has 1 amide bonds. The van der Waals surface area contributed by atoms with Crippen LogP contribution in [0.2, 0.25) is 0 Å². The number of amides is 1. The summed E-state index contributed by atoms with van der Waals surface area (Å²) in [6, 6.07) is 12.2. The van der Waals surface area contributed by atoms with Gasteiger partial charge in [0.15, 0.2) is 5.75 Å². The normalized spacial score (nSPS) is 10.0. The lowest BCUT2D eigenvalue weighted by atomic mass is 10.1. The lowest BCUT2D eigenvalue weighted by Gasteiger charge is -2.13. The molecule has 2 N–H and O–H groups in total. The zero-order chi connectivity index (χ0) is 15.4. The molecule has 0 spiro atoms. The van der Waals surface area contributed by atoms with Crippen molar-refractivity contribution in [2.75, 3.05) is 26.9 Å². The predicted octanol–water partition coefficient (Wildman–Crippen LogP) is 2.77. The van der Waals surface area contributed by atoms with Crippen LogP contribution in [-0.4, -0.2) is 32.0 Å². The Morgan fingerprint density at radius 3 is 2.48 bits per heavy atom. The number of rotatable bonds is 4. The van der Waals surface area contributed by atoms with Crippen LogP contribution in [0.1, 0.15) is 10.4 Å². The molecule has 5 nitrogen and oxygen atoms in total. The van der Waals surface area contributed by atoms with Crippen molar-refractivity contribution >= 4 is 11.6 Å². The summed E-state index contributed by atoms with van der Waals surface area (Å²) in [4.78, 5) is 13.5. The van der Waals surface area contributed by atoms with E-state index in [1.807, 2.05) is 12.1 Å². The quantitative estimate of drug-likeness (QED) is 0.878. The molecule has 0 aliphatic carbocycles. The average Bonchev–Trinajstić information content (AvgIpc) is 2.49. The molecule has 21 heavy (non-hydrogen) atoms. The van der Waals surface area contributed by atoms with E-state index >= 15 is 0 Å². The lowest BCUT2D eigenvalue weighted by Crippen LogP contribution is -2.21. The van der Waals surface area contributed by atoms with Gasteiger partial charge in [0, 0.05) is 25.7 Å². The van der Waals surface area contributed by atoms with Crippen LogP contribution < -0.4 is 15.2 Å². The minimum absolute atomic E-state index is 0.106. The number of methoxy groups -OCH3 is 1. The Hall–Kier alpha value is -2.69. The highest BCUT2D eigenvalue weighted by Gasteiger charge is 2.11. The molecule has 2 aromatic carbocycles. The number of carbonyl (C=O) groups excluding carboxylic acids is 1. The maximum Gasteiger partial charge on any atom is 0.253 e. The standard InChI is InChI=1S/C16H18N2O3/c1-18(2)16(19)11-7-8-14(17)15(9-11)21-13-6-4-5-12(10-13)20-3/h4-10H,17H2,1-3H3. The maximum atomic E-state index is 12.0. The van der Waals surface area contributed by atoms with E-state index in [1.165, 1.54) is 4.90 Å². The molecular formula is C16H18N2O3. The molecule has 0 heterocycles. The third kappa shape index (κ3) is 3.45. The molecule has 0 fully saturated rings. The molecule has 0 unspecified atom stereocenters. The summed E-state index contributed by atoms with van der Waals surface area (Å²) in [6.07, 6.45) is 0. The van der Waals surface area contributed by atoms with Crippen LogP contribution in [0.25, 0.3) is 0 Å². The summed E-state index contributed by atoms with van der Waals surface area (Å²) in [5.74, 6) is 1.61. The van der Waals surface area contributed by atoms with Crippen molar-refractivity contribution in [1.29, 1.82) is 0 Å². The van der Waals surface area contributed by atoms with Crippen LogP contribution in [0.5, 0.6) is 17.2 Å². The molecule has 2 rings (SSSR count). The summed E-state index contributed by atoms with van der Waals surface area (Å²) in [7, 11) is 4.98. The zero-order valence-corrected chi connectivity index (χ0v) is 12.3. The van der Waals surface area contributed by atoms with Crippen LogP contribution in [0, 0.1) is 0 Å². The molecule has 0 aliphatic rings. The Morgan fingerprint density at radius 1 is 1.10 bits per heavy atom. The third-order valence-electron chi connectivity index (χ3n) is 2.94. The summed E-state index contributed by atoms with van der Waals surface area (Å²) in [5.41, 5.74) is 6.89. The number of carbonyl (C=O) groups is 1. The van der Waals surface area contributed by atoms with Gasteiger partial charge in [-0.1, -0.05) is 6.07 Å². The first kappa shape index (κ1) is 14.7. The van der Waals surface area contributed by atoms with Gasteiger partial charge in [0.05, 0.1) is 12.8 Å². The Kier molecular flexibility index (Phi) is 4.33. The van der Waals surface area contributed by atoms with Crippen molar-refractivity contribution in [2.45, 2.75) is 0 Å². The van der Waals surface area contributed by atoms with Gasteiger partial charge in [0.2, 0.25) is 0 Å². The molecule has 0 bridgehead atoms. The van der Waals surface area contributed by atoms with E-state index in [1.54, 1.807) is 51.5 Å². The minimum Gasteiger partial charge on any atom is -0.497 e. The summed E-state index contributed by atoms with van der Waals surface area (Å²) < 4.78 is 10.9. The van der Waals surface area contributed by atoms with E-state index in [2.05, 4.69) is 0 Å². The number of nitrogen functional groups attached to an aromatic ring is 1. The molecule has 0 atom stereocenters. The SMILES string of the molecule is COc1cccc(Oc2cc(C(=O)N(C)C)ccc2N)c1. The molecule has 0 saturated carbocycles. The number of anilines is 1. The summed E-state index contributed by atoms with van der Waals surface area (Å²) in [5, 5.41) is 0. The number of ether oxygens (including phenoxy) is 2. The Balaban J connectivity index is 2.30. The van der Waals surface area contributed by atoms with Crippen LogP contribution in [0.3, 0.4) is 0 Å². The summed E-state index contributed by atoms with van der Waals surface area (Å²) in [6.45, 7) is 0. The first-order valence-electron chi connectivity index (χ1n) is 6.44. The smallest absolute Gasteiger partial charge is 0.253 e. The monoisotopic (exact) mass is 286 g/mol. The van der Waals surface area contributed by atoms with E-state index in [0.29, 0.717) is 28.5 Å². The number of nitrogens with zero attached hydrogens (tertiary/aromatic N) is 1. The van der Waals surface area contributed by atoms with E-state index in [4.69, 9.17) is 15.2 Å². The molecule has 0 aliphatic heterocycles. The fraction of sp³-hybridized carbons (Fsp3) is 0.188. The first-order valence-corrected chi connectivity index (χ1v) is 6.44. The van der Waals surface area contributed by atoms with Gasteiger partial charge >= 0.3 is 0 Å². The third-order valence-corrected chi connectivity index (χ3v) is 2.94. The number of nitrogens with two attached hydrogens (primary N) is 1. The van der Waals surface area contributed by atoms with Gasteiger partial charge in [-0.2, -0.15) is 0 Å². The predicted molar refractivity (Wildman–Crippen MR) is 81.9 cm³/mol. The largest absolute Gasteiger partial charge is 0.497 e. The number of hydrogen-bond donors (Lipinski definition) is 1. The second-order valence-electron chi connectivity index (χ2n) is 4.73. The highest BCUT2D eigenvalue weighted by molar-refractivity contribution is 5.94. The van der Waals surface area contributed by atoms with Crippen molar-refractivity contribution < 1.29 is 14.3 Å². The van der Waals surface area contributed by atoms with E-state index in [0.717, 1.165) is 0 Å². The van der Waals surface area contributed by atoms with Crippen molar-refractivity contribution in [3.05, 3.63) is 48.0 Å². The van der Waals surface area contributed by atoms with E-state index < -0.39 is 0 Å². The van der Waals surface area contributed by atoms with Crippen LogP contribution >= 0.6 is 0 Å². The zero-order valence-electron chi connectivity index (χ0n) is 12.3. The van der Waals surface area contributed by atoms with Crippen molar-refractivity contribution in [3.8, 4) is 17.2 Å². The van der Waals surface area contributed by atoms with Gasteiger partial charge < -0.3 is 20.1 Å². The molecule has 2 aromatic rings. The number of benzene rings is 2. The van der Waals surface area contributed by atoms with E-state index in [9.17, 15) is 4.79 Å². The molecule has 110 valence electrons. The Morgan fingerprint density at radius 2 is 1.81 bits per heavy atom. The topological polar surface area (TPSA) is 64.8 Å². The van der Waals surface area contributed by atoms with Gasteiger partial charge in [-0.3, -0.25) is 4.79 Å². The molecular weight excluding hydrogens is 268 g/mol. The fourth-order valence-corrected chi connectivity index (χ4v) is 1.81. The molecule has 0 radical (unpaired) electrons. The van der Waals surface area contributed by atoms with Crippen molar-refractivity contribution in [3.63, 3.8) is 0 Å². The fourth-order valence-electron chi connectivity index (χ4n) is 1.81. The van der Waals surface area contributed by atoms with Gasteiger partial charge in [-0.15, -0.1) is 0 Å². The van der Waals surface area contributed by atoms with Crippen LogP contribution in [-0.2, 0) is 0 Å². The van der Waals surface area contributed by atoms with Gasteiger partial charge in [0.25, 0.3) is 5.91 Å².